The number of amides is 2. The van der Waals surface area contributed by atoms with Crippen molar-refractivity contribution in [2.75, 3.05) is 19.7 Å². The highest BCUT2D eigenvalue weighted by Gasteiger charge is 2.37. The molecular weight excluding hydrogens is 498 g/mol. The van der Waals surface area contributed by atoms with Gasteiger partial charge in [-0.2, -0.15) is 0 Å². The van der Waals surface area contributed by atoms with Gasteiger partial charge in [0.2, 0.25) is 0 Å². The molecule has 0 spiro atoms. The number of benzene rings is 1. The first kappa shape index (κ1) is 30.9. The maximum atomic E-state index is 14.4. The van der Waals surface area contributed by atoms with Gasteiger partial charge in [0, 0.05) is 41.4 Å². The van der Waals surface area contributed by atoms with E-state index in [1.165, 1.54) is 44.9 Å². The lowest BCUT2D eigenvalue weighted by Gasteiger charge is -2.33. The summed E-state index contributed by atoms with van der Waals surface area (Å²) in [4.78, 5) is 30.1. The van der Waals surface area contributed by atoms with E-state index in [1.54, 1.807) is 0 Å². The zero-order valence-electron chi connectivity index (χ0n) is 25.9. The second-order valence-electron chi connectivity index (χ2n) is 13.6. The number of fused-ring (bicyclic) bond motifs is 1. The third-order valence-electron chi connectivity index (χ3n) is 9.51. The lowest BCUT2D eigenvalue weighted by Crippen LogP contribution is -2.41. The molecule has 6 heteroatoms. The number of rotatable bonds is 12. The highest BCUT2D eigenvalue weighted by molar-refractivity contribution is 6.02. The molecule has 2 N–H and O–H groups in total. The predicted octanol–water partition coefficient (Wildman–Crippen LogP) is 6.90. The SMILES string of the molecule is CCCCC(CCCC)C1CCCN1C(=O)c1cc(C(=O)N[C@@H](C)C[C@H]2CCCN2)cc2c1CCC(C)(C)CO2. The Morgan fingerprint density at radius 1 is 1.12 bits per heavy atom. The monoisotopic (exact) mass is 553 g/mol. The first-order valence-corrected chi connectivity index (χ1v) is 16.4. The minimum absolute atomic E-state index is 0.0200. The predicted molar refractivity (Wildman–Crippen MR) is 163 cm³/mol. The second-order valence-corrected chi connectivity index (χ2v) is 13.6. The largest absolute Gasteiger partial charge is 0.493 e. The van der Waals surface area contributed by atoms with E-state index in [0.29, 0.717) is 35.7 Å². The van der Waals surface area contributed by atoms with Crippen molar-refractivity contribution in [3.05, 3.63) is 28.8 Å². The van der Waals surface area contributed by atoms with E-state index in [4.69, 9.17) is 4.74 Å². The zero-order valence-corrected chi connectivity index (χ0v) is 25.9. The van der Waals surface area contributed by atoms with E-state index >= 15 is 0 Å². The Morgan fingerprint density at radius 2 is 1.88 bits per heavy atom. The van der Waals surface area contributed by atoms with Gasteiger partial charge in [-0.1, -0.05) is 53.4 Å². The molecule has 1 aromatic rings. The van der Waals surface area contributed by atoms with E-state index in [0.717, 1.165) is 62.9 Å². The van der Waals surface area contributed by atoms with Crippen LogP contribution in [0.4, 0.5) is 0 Å². The summed E-state index contributed by atoms with van der Waals surface area (Å²) in [5.41, 5.74) is 2.23. The van der Waals surface area contributed by atoms with Gasteiger partial charge in [-0.05, 0) is 94.7 Å². The maximum Gasteiger partial charge on any atom is 0.254 e. The molecule has 2 fully saturated rings. The summed E-state index contributed by atoms with van der Waals surface area (Å²) in [6, 6.07) is 4.57. The van der Waals surface area contributed by atoms with Crippen molar-refractivity contribution in [2.24, 2.45) is 11.3 Å². The van der Waals surface area contributed by atoms with Crippen LogP contribution in [-0.2, 0) is 6.42 Å². The average molecular weight is 554 g/mol. The van der Waals surface area contributed by atoms with Crippen molar-refractivity contribution in [3.8, 4) is 5.75 Å². The summed E-state index contributed by atoms with van der Waals surface area (Å²) in [5, 5.41) is 6.74. The van der Waals surface area contributed by atoms with Gasteiger partial charge in [-0.15, -0.1) is 0 Å². The molecule has 0 aromatic heterocycles. The second kappa shape index (κ2) is 14.2. The summed E-state index contributed by atoms with van der Waals surface area (Å²) < 4.78 is 6.34. The molecule has 0 aliphatic carbocycles. The van der Waals surface area contributed by atoms with Crippen LogP contribution in [0.1, 0.15) is 138 Å². The summed E-state index contributed by atoms with van der Waals surface area (Å²) in [5.74, 6) is 1.25. The Kier molecular flexibility index (Phi) is 11.0. The number of nitrogens with one attached hydrogen (secondary N) is 2. The van der Waals surface area contributed by atoms with Crippen molar-refractivity contribution < 1.29 is 14.3 Å². The van der Waals surface area contributed by atoms with Crippen LogP contribution < -0.4 is 15.4 Å². The smallest absolute Gasteiger partial charge is 0.254 e. The number of likely N-dealkylation sites (tertiary alicyclic amines) is 1. The number of nitrogens with zero attached hydrogens (tertiary/aromatic N) is 1. The Balaban J connectivity index is 1.61. The molecule has 6 nitrogen and oxygen atoms in total. The van der Waals surface area contributed by atoms with Crippen LogP contribution in [0.3, 0.4) is 0 Å². The van der Waals surface area contributed by atoms with Crippen molar-refractivity contribution in [1.29, 1.82) is 0 Å². The minimum atomic E-state index is -0.115. The molecule has 3 atom stereocenters. The first-order chi connectivity index (χ1) is 19.2. The van der Waals surface area contributed by atoms with Crippen LogP contribution in [0, 0.1) is 11.3 Å². The van der Waals surface area contributed by atoms with Gasteiger partial charge in [0.25, 0.3) is 11.8 Å². The van der Waals surface area contributed by atoms with Crippen molar-refractivity contribution in [1.82, 2.24) is 15.5 Å². The van der Waals surface area contributed by atoms with E-state index in [2.05, 4.69) is 50.2 Å². The Labute approximate surface area is 243 Å². The van der Waals surface area contributed by atoms with Crippen LogP contribution in [0.5, 0.6) is 5.75 Å². The number of hydrogen-bond donors (Lipinski definition) is 2. The molecule has 4 rings (SSSR count). The lowest BCUT2D eigenvalue weighted by atomic mass is 9.86. The minimum Gasteiger partial charge on any atom is -0.493 e. The molecule has 1 aromatic carbocycles. The fraction of sp³-hybridized carbons (Fsp3) is 0.765. The van der Waals surface area contributed by atoms with E-state index in [1.807, 2.05) is 12.1 Å². The number of unbranched alkanes of at least 4 members (excludes halogenated alkanes) is 2. The van der Waals surface area contributed by atoms with E-state index in [9.17, 15) is 9.59 Å². The maximum absolute atomic E-state index is 14.4. The Bertz CT molecular complexity index is 992. The summed E-state index contributed by atoms with van der Waals surface area (Å²) >= 11 is 0. The summed E-state index contributed by atoms with van der Waals surface area (Å²) in [6.07, 6.45) is 14.4. The number of hydrogen-bond acceptors (Lipinski definition) is 4. The first-order valence-electron chi connectivity index (χ1n) is 16.4. The molecule has 0 bridgehead atoms. The standard InChI is InChI=1S/C34H55N3O3/c1-6-8-12-25(13-9-7-2)30-15-11-19-37(30)33(39)29-21-26(22-31-28(29)16-17-34(4,5)23-40-31)32(38)36-24(3)20-27-14-10-18-35-27/h21-22,24-25,27,30,35H,6-20,23H2,1-5H3,(H,36,38)/t24-,27+,30?/m0/s1. The molecule has 0 saturated carbocycles. The average Bonchev–Trinajstić information content (AvgIpc) is 3.60. The molecule has 2 amide bonds. The van der Waals surface area contributed by atoms with E-state index < -0.39 is 0 Å². The molecule has 224 valence electrons. The van der Waals surface area contributed by atoms with Gasteiger partial charge in [-0.3, -0.25) is 9.59 Å². The van der Waals surface area contributed by atoms with Gasteiger partial charge in [-0.25, -0.2) is 0 Å². The molecule has 3 aliphatic rings. The fourth-order valence-corrected chi connectivity index (χ4v) is 7.06. The van der Waals surface area contributed by atoms with Gasteiger partial charge in [0.15, 0.2) is 0 Å². The highest BCUT2D eigenvalue weighted by Crippen LogP contribution is 2.38. The van der Waals surface area contributed by atoms with Crippen LogP contribution in [0.25, 0.3) is 0 Å². The normalized spacial score (nSPS) is 23.0. The van der Waals surface area contributed by atoms with Gasteiger partial charge in [0.05, 0.1) is 6.61 Å². The number of carbonyl (C=O) groups excluding carboxylic acids is 2. The third-order valence-corrected chi connectivity index (χ3v) is 9.51. The number of ether oxygens (including phenoxy) is 1. The lowest BCUT2D eigenvalue weighted by molar-refractivity contribution is 0.0671. The van der Waals surface area contributed by atoms with Crippen LogP contribution in [0.2, 0.25) is 0 Å². The molecule has 3 heterocycles. The van der Waals surface area contributed by atoms with Crippen LogP contribution in [-0.4, -0.2) is 54.5 Å². The van der Waals surface area contributed by atoms with Crippen LogP contribution in [0.15, 0.2) is 12.1 Å². The van der Waals surface area contributed by atoms with E-state index in [-0.39, 0.29) is 23.3 Å². The van der Waals surface area contributed by atoms with Crippen molar-refractivity contribution in [3.63, 3.8) is 0 Å². The highest BCUT2D eigenvalue weighted by atomic mass is 16.5. The quantitative estimate of drug-likeness (QED) is 0.295. The number of carbonyl (C=O) groups is 2. The van der Waals surface area contributed by atoms with Crippen molar-refractivity contribution >= 4 is 11.8 Å². The Morgan fingerprint density at radius 3 is 2.55 bits per heavy atom. The van der Waals surface area contributed by atoms with Gasteiger partial charge >= 0.3 is 0 Å². The van der Waals surface area contributed by atoms with Crippen molar-refractivity contribution in [2.45, 2.75) is 136 Å². The zero-order chi connectivity index (χ0) is 28.7. The molecular formula is C34H55N3O3. The topological polar surface area (TPSA) is 70.7 Å². The molecule has 2 saturated heterocycles. The third kappa shape index (κ3) is 7.80. The summed E-state index contributed by atoms with van der Waals surface area (Å²) in [6.45, 7) is 13.5. The summed E-state index contributed by atoms with van der Waals surface area (Å²) in [7, 11) is 0. The Hall–Kier alpha value is -2.08. The molecule has 1 unspecified atom stereocenters. The van der Waals surface area contributed by atoms with Crippen LogP contribution >= 0.6 is 0 Å². The molecule has 3 aliphatic heterocycles. The molecule has 0 radical (unpaired) electrons. The van der Waals surface area contributed by atoms with Gasteiger partial charge in [0.1, 0.15) is 5.75 Å². The molecule has 40 heavy (non-hydrogen) atoms. The fourth-order valence-electron chi connectivity index (χ4n) is 7.06. The van der Waals surface area contributed by atoms with Gasteiger partial charge < -0.3 is 20.3 Å².